The van der Waals surface area contributed by atoms with Crippen molar-refractivity contribution in [1.29, 1.82) is 0 Å². The van der Waals surface area contributed by atoms with Crippen LogP contribution in [0, 0.1) is 5.41 Å². The fourth-order valence-corrected chi connectivity index (χ4v) is 2.46. The number of hydrogen-bond acceptors (Lipinski definition) is 3. The first kappa shape index (κ1) is 13.8. The maximum atomic E-state index is 12.5. The van der Waals surface area contributed by atoms with E-state index in [0.29, 0.717) is 11.4 Å². The number of likely N-dealkylation sites (tertiary alicyclic amines) is 1. The molecule has 1 aliphatic heterocycles. The van der Waals surface area contributed by atoms with Crippen molar-refractivity contribution in [3.8, 4) is 0 Å². The van der Waals surface area contributed by atoms with Gasteiger partial charge in [-0.3, -0.25) is 4.79 Å². The summed E-state index contributed by atoms with van der Waals surface area (Å²) < 4.78 is 0. The van der Waals surface area contributed by atoms with Gasteiger partial charge in [-0.15, -0.1) is 0 Å². The van der Waals surface area contributed by atoms with Gasteiger partial charge in [0.15, 0.2) is 0 Å². The van der Waals surface area contributed by atoms with Crippen molar-refractivity contribution in [3.63, 3.8) is 0 Å². The summed E-state index contributed by atoms with van der Waals surface area (Å²) in [7, 11) is 0. The van der Waals surface area contributed by atoms with E-state index in [1.807, 2.05) is 11.0 Å². The van der Waals surface area contributed by atoms with Crippen LogP contribution in [0.15, 0.2) is 12.1 Å². The van der Waals surface area contributed by atoms with Crippen molar-refractivity contribution in [3.05, 3.63) is 23.4 Å². The molecule has 0 unspecified atom stereocenters. The van der Waals surface area contributed by atoms with E-state index in [1.54, 1.807) is 6.07 Å². The highest BCUT2D eigenvalue weighted by Crippen LogP contribution is 2.30. The summed E-state index contributed by atoms with van der Waals surface area (Å²) in [5.74, 6) is 0.764. The van der Waals surface area contributed by atoms with E-state index in [1.165, 1.54) is 0 Å². The van der Waals surface area contributed by atoms with Gasteiger partial charge in [0.2, 0.25) is 0 Å². The van der Waals surface area contributed by atoms with E-state index < -0.39 is 0 Å². The first-order valence-electron chi connectivity index (χ1n) is 6.85. The minimum absolute atomic E-state index is 0.0709. The van der Waals surface area contributed by atoms with Gasteiger partial charge in [0.1, 0.15) is 5.82 Å². The molecule has 1 aromatic rings. The highest BCUT2D eigenvalue weighted by molar-refractivity contribution is 5.95. The summed E-state index contributed by atoms with van der Waals surface area (Å²) in [4.78, 5) is 18.7. The normalized spacial score (nSPS) is 18.1. The molecule has 2 heterocycles. The largest absolute Gasteiger partial charge is 0.384 e. The standard InChI is InChI=1S/C15H23N3O/c1-10(2)12-7-11(8-13(16)17-12)14(19)18-6-5-15(3,4)9-18/h7-8,10H,5-6,9H2,1-4H3,(H2,16,17). The van der Waals surface area contributed by atoms with Gasteiger partial charge >= 0.3 is 0 Å². The number of anilines is 1. The zero-order chi connectivity index (χ0) is 14.2. The number of pyridine rings is 1. The fraction of sp³-hybridized carbons (Fsp3) is 0.600. The van der Waals surface area contributed by atoms with E-state index in [4.69, 9.17) is 5.73 Å². The Morgan fingerprint density at radius 2 is 2.11 bits per heavy atom. The summed E-state index contributed by atoms with van der Waals surface area (Å²) >= 11 is 0. The molecular formula is C15H23N3O. The number of aromatic nitrogens is 1. The molecule has 1 amide bonds. The lowest BCUT2D eigenvalue weighted by Gasteiger charge is -2.20. The quantitative estimate of drug-likeness (QED) is 0.890. The monoisotopic (exact) mass is 261 g/mol. The molecule has 0 aliphatic carbocycles. The van der Waals surface area contributed by atoms with Gasteiger partial charge in [-0.25, -0.2) is 4.98 Å². The average Bonchev–Trinajstić information content (AvgIpc) is 2.68. The summed E-state index contributed by atoms with van der Waals surface area (Å²) in [5.41, 5.74) is 7.56. The van der Waals surface area contributed by atoms with E-state index in [9.17, 15) is 4.79 Å². The number of carbonyl (C=O) groups is 1. The Morgan fingerprint density at radius 1 is 1.42 bits per heavy atom. The van der Waals surface area contributed by atoms with Gasteiger partial charge in [-0.05, 0) is 29.9 Å². The van der Waals surface area contributed by atoms with Crippen LogP contribution in [0.3, 0.4) is 0 Å². The van der Waals surface area contributed by atoms with Gasteiger partial charge in [0.25, 0.3) is 5.91 Å². The molecule has 1 saturated heterocycles. The number of rotatable bonds is 2. The molecule has 0 spiro atoms. The molecule has 0 radical (unpaired) electrons. The Hall–Kier alpha value is -1.58. The third kappa shape index (κ3) is 3.06. The lowest BCUT2D eigenvalue weighted by molar-refractivity contribution is 0.0778. The molecule has 0 bridgehead atoms. The molecule has 2 rings (SSSR count). The first-order chi connectivity index (χ1) is 8.78. The van der Waals surface area contributed by atoms with Gasteiger partial charge in [0, 0.05) is 24.3 Å². The second-order valence-electron chi connectivity index (χ2n) is 6.50. The van der Waals surface area contributed by atoms with Crippen LogP contribution in [0.25, 0.3) is 0 Å². The van der Waals surface area contributed by atoms with Gasteiger partial charge in [0.05, 0.1) is 0 Å². The van der Waals surface area contributed by atoms with Crippen LogP contribution in [0.5, 0.6) is 0 Å². The summed E-state index contributed by atoms with van der Waals surface area (Å²) in [5, 5.41) is 0. The highest BCUT2D eigenvalue weighted by atomic mass is 16.2. The molecule has 1 aromatic heterocycles. The molecule has 0 aromatic carbocycles. The van der Waals surface area contributed by atoms with E-state index >= 15 is 0 Å². The average molecular weight is 261 g/mol. The summed E-state index contributed by atoms with van der Waals surface area (Å²) in [6, 6.07) is 3.55. The highest BCUT2D eigenvalue weighted by Gasteiger charge is 2.32. The van der Waals surface area contributed by atoms with Crippen LogP contribution < -0.4 is 5.73 Å². The molecule has 4 heteroatoms. The Bertz CT molecular complexity index is 494. The van der Waals surface area contributed by atoms with Crippen molar-refractivity contribution >= 4 is 11.7 Å². The molecule has 1 aliphatic rings. The molecular weight excluding hydrogens is 238 g/mol. The molecule has 104 valence electrons. The summed E-state index contributed by atoms with van der Waals surface area (Å²) in [6.07, 6.45) is 1.05. The minimum atomic E-state index is 0.0709. The van der Waals surface area contributed by atoms with Crippen molar-refractivity contribution in [2.24, 2.45) is 5.41 Å². The van der Waals surface area contributed by atoms with E-state index in [0.717, 1.165) is 25.2 Å². The Kier molecular flexibility index (Phi) is 3.52. The van der Waals surface area contributed by atoms with Crippen molar-refractivity contribution < 1.29 is 4.79 Å². The molecule has 0 saturated carbocycles. The van der Waals surface area contributed by atoms with Crippen LogP contribution >= 0.6 is 0 Å². The molecule has 4 nitrogen and oxygen atoms in total. The molecule has 2 N–H and O–H groups in total. The Labute approximate surface area is 115 Å². The number of nitrogens with zero attached hydrogens (tertiary/aromatic N) is 2. The lowest BCUT2D eigenvalue weighted by Crippen LogP contribution is -2.30. The first-order valence-corrected chi connectivity index (χ1v) is 6.85. The smallest absolute Gasteiger partial charge is 0.254 e. The van der Waals surface area contributed by atoms with Gasteiger partial charge < -0.3 is 10.6 Å². The topological polar surface area (TPSA) is 59.2 Å². The third-order valence-corrected chi connectivity index (χ3v) is 3.67. The van der Waals surface area contributed by atoms with Crippen molar-refractivity contribution in [1.82, 2.24) is 9.88 Å². The number of hydrogen-bond donors (Lipinski definition) is 1. The number of amides is 1. The van der Waals surface area contributed by atoms with Gasteiger partial charge in [-0.1, -0.05) is 27.7 Å². The number of nitrogens with two attached hydrogens (primary N) is 1. The third-order valence-electron chi connectivity index (χ3n) is 3.67. The zero-order valence-electron chi connectivity index (χ0n) is 12.2. The van der Waals surface area contributed by atoms with E-state index in [-0.39, 0.29) is 17.2 Å². The molecule has 19 heavy (non-hydrogen) atoms. The van der Waals surface area contributed by atoms with Crippen LogP contribution in [-0.4, -0.2) is 28.9 Å². The van der Waals surface area contributed by atoms with Crippen LogP contribution in [-0.2, 0) is 0 Å². The molecule has 1 fully saturated rings. The fourth-order valence-electron chi connectivity index (χ4n) is 2.46. The van der Waals surface area contributed by atoms with Crippen LogP contribution in [0.2, 0.25) is 0 Å². The second-order valence-corrected chi connectivity index (χ2v) is 6.50. The van der Waals surface area contributed by atoms with Crippen molar-refractivity contribution in [2.45, 2.75) is 40.0 Å². The van der Waals surface area contributed by atoms with E-state index in [2.05, 4.69) is 32.7 Å². The predicted molar refractivity (Wildman–Crippen MR) is 77.0 cm³/mol. The molecule has 0 atom stereocenters. The van der Waals surface area contributed by atoms with Gasteiger partial charge in [-0.2, -0.15) is 0 Å². The number of carbonyl (C=O) groups excluding carboxylic acids is 1. The maximum absolute atomic E-state index is 12.5. The second kappa shape index (κ2) is 4.83. The predicted octanol–water partition coefficient (Wildman–Crippen LogP) is 2.66. The van der Waals surface area contributed by atoms with Crippen LogP contribution in [0.4, 0.5) is 5.82 Å². The SMILES string of the molecule is CC(C)c1cc(C(=O)N2CCC(C)(C)C2)cc(N)n1. The Morgan fingerprint density at radius 3 is 2.63 bits per heavy atom. The zero-order valence-corrected chi connectivity index (χ0v) is 12.2. The van der Waals surface area contributed by atoms with Crippen LogP contribution in [0.1, 0.15) is 56.1 Å². The maximum Gasteiger partial charge on any atom is 0.254 e. The summed E-state index contributed by atoms with van der Waals surface area (Å²) in [6.45, 7) is 10.1. The number of nitrogen functional groups attached to an aromatic ring is 1. The minimum Gasteiger partial charge on any atom is -0.384 e. The van der Waals surface area contributed by atoms with Crippen molar-refractivity contribution in [2.75, 3.05) is 18.8 Å². The lowest BCUT2D eigenvalue weighted by atomic mass is 9.93. The Balaban J connectivity index is 2.24.